The maximum absolute atomic E-state index is 11.6. The van der Waals surface area contributed by atoms with Crippen molar-refractivity contribution in [1.82, 2.24) is 9.55 Å². The quantitative estimate of drug-likeness (QED) is 0.889. The van der Waals surface area contributed by atoms with Crippen LogP contribution in [0.2, 0.25) is 0 Å². The Balaban J connectivity index is 2.68. The van der Waals surface area contributed by atoms with Gasteiger partial charge >= 0.3 is 11.7 Å². The summed E-state index contributed by atoms with van der Waals surface area (Å²) in [4.78, 5) is 24.9. The lowest BCUT2D eigenvalue weighted by Crippen LogP contribution is -2.19. The predicted octanol–water partition coefficient (Wildman–Crippen LogP) is 1.93. The van der Waals surface area contributed by atoms with Crippen molar-refractivity contribution in [2.24, 2.45) is 0 Å². The lowest BCUT2D eigenvalue weighted by Gasteiger charge is -2.06. The van der Waals surface area contributed by atoms with E-state index in [-0.39, 0.29) is 5.69 Å². The Hall–Kier alpha value is -1.82. The summed E-state index contributed by atoms with van der Waals surface area (Å²) < 4.78 is 1.94. The zero-order valence-corrected chi connectivity index (χ0v) is 10.5. The molecule has 0 spiro atoms. The minimum atomic E-state index is -1.15. The molecule has 2 rings (SSSR count). The molecule has 1 aromatic heterocycles. The van der Waals surface area contributed by atoms with Gasteiger partial charge in [-0.1, -0.05) is 22.0 Å². The first-order valence-corrected chi connectivity index (χ1v) is 5.60. The van der Waals surface area contributed by atoms with Gasteiger partial charge < -0.3 is 10.1 Å². The van der Waals surface area contributed by atoms with E-state index in [1.54, 1.807) is 12.1 Å². The molecule has 5 nitrogen and oxygen atoms in total. The van der Waals surface area contributed by atoms with Crippen LogP contribution in [0.3, 0.4) is 0 Å². The minimum absolute atomic E-state index is 0.0919. The SMILES string of the molecule is Cc1ccc(-n2c(C(=O)O)c[nH]c2=O)cc1Br. The highest BCUT2D eigenvalue weighted by Gasteiger charge is 2.14. The van der Waals surface area contributed by atoms with E-state index in [9.17, 15) is 9.59 Å². The van der Waals surface area contributed by atoms with Crippen molar-refractivity contribution in [3.8, 4) is 5.69 Å². The molecular weight excluding hydrogens is 288 g/mol. The van der Waals surface area contributed by atoms with Gasteiger partial charge in [0.15, 0.2) is 5.69 Å². The van der Waals surface area contributed by atoms with Crippen LogP contribution in [-0.4, -0.2) is 20.6 Å². The molecular formula is C11H9BrN2O3. The second-order valence-corrected chi connectivity index (χ2v) is 4.41. The molecule has 0 amide bonds. The number of aromatic carboxylic acids is 1. The molecule has 1 aromatic carbocycles. The number of benzene rings is 1. The number of H-pyrrole nitrogens is 1. The Morgan fingerprint density at radius 1 is 1.47 bits per heavy atom. The number of aromatic amines is 1. The summed E-state index contributed by atoms with van der Waals surface area (Å²) in [6.45, 7) is 1.91. The Bertz CT molecular complexity index is 642. The number of hydrogen-bond donors (Lipinski definition) is 2. The summed E-state index contributed by atoms with van der Waals surface area (Å²) in [5.41, 5.74) is 0.948. The summed E-state index contributed by atoms with van der Waals surface area (Å²) in [6.07, 6.45) is 1.18. The van der Waals surface area contributed by atoms with Crippen LogP contribution in [0.15, 0.2) is 33.7 Å². The zero-order chi connectivity index (χ0) is 12.6. The molecule has 0 aliphatic rings. The van der Waals surface area contributed by atoms with Gasteiger partial charge in [0.1, 0.15) is 0 Å². The summed E-state index contributed by atoms with van der Waals surface area (Å²) in [5, 5.41) is 8.97. The number of carbonyl (C=O) groups is 1. The van der Waals surface area contributed by atoms with E-state index in [1.165, 1.54) is 6.20 Å². The third-order valence-corrected chi connectivity index (χ3v) is 3.26. The molecule has 1 heterocycles. The number of halogens is 1. The number of nitrogens with zero attached hydrogens (tertiary/aromatic N) is 1. The van der Waals surface area contributed by atoms with Crippen molar-refractivity contribution in [2.75, 3.05) is 0 Å². The van der Waals surface area contributed by atoms with Crippen molar-refractivity contribution in [2.45, 2.75) is 6.92 Å². The first kappa shape index (κ1) is 11.7. The van der Waals surface area contributed by atoms with E-state index in [2.05, 4.69) is 20.9 Å². The van der Waals surface area contributed by atoms with Crippen molar-refractivity contribution in [1.29, 1.82) is 0 Å². The van der Waals surface area contributed by atoms with Gasteiger partial charge in [-0.3, -0.25) is 4.57 Å². The topological polar surface area (TPSA) is 75.1 Å². The lowest BCUT2D eigenvalue weighted by molar-refractivity contribution is 0.0688. The summed E-state index contributed by atoms with van der Waals surface area (Å²) in [5.74, 6) is -1.15. The highest BCUT2D eigenvalue weighted by Crippen LogP contribution is 2.20. The smallest absolute Gasteiger partial charge is 0.354 e. The number of carboxylic acids is 1. The molecule has 0 bridgehead atoms. The molecule has 2 aromatic rings. The number of aromatic nitrogens is 2. The Morgan fingerprint density at radius 3 is 2.76 bits per heavy atom. The van der Waals surface area contributed by atoms with Gasteiger partial charge in [0.2, 0.25) is 0 Å². The van der Waals surface area contributed by atoms with Crippen LogP contribution >= 0.6 is 15.9 Å². The average molecular weight is 297 g/mol. The molecule has 0 fully saturated rings. The van der Waals surface area contributed by atoms with E-state index in [0.717, 1.165) is 14.6 Å². The van der Waals surface area contributed by atoms with Crippen LogP contribution in [0.5, 0.6) is 0 Å². The Morgan fingerprint density at radius 2 is 2.18 bits per heavy atom. The maximum atomic E-state index is 11.6. The molecule has 0 saturated carbocycles. The predicted molar refractivity (Wildman–Crippen MR) is 65.8 cm³/mol. The van der Waals surface area contributed by atoms with Crippen LogP contribution in [0, 0.1) is 6.92 Å². The third kappa shape index (κ3) is 2.03. The van der Waals surface area contributed by atoms with Gasteiger partial charge in [0, 0.05) is 10.7 Å². The average Bonchev–Trinajstić information content (AvgIpc) is 2.64. The highest BCUT2D eigenvalue weighted by molar-refractivity contribution is 9.10. The van der Waals surface area contributed by atoms with Crippen LogP contribution < -0.4 is 5.69 Å². The standard InChI is InChI=1S/C11H9BrN2O3/c1-6-2-3-7(4-8(6)12)14-9(10(15)16)5-13-11(14)17/h2-5H,1H3,(H,13,17)(H,15,16). The van der Waals surface area contributed by atoms with E-state index in [4.69, 9.17) is 5.11 Å². The van der Waals surface area contributed by atoms with Crippen LogP contribution in [0.1, 0.15) is 16.1 Å². The normalized spacial score (nSPS) is 10.5. The summed E-state index contributed by atoms with van der Waals surface area (Å²) in [7, 11) is 0. The third-order valence-electron chi connectivity index (χ3n) is 2.41. The van der Waals surface area contributed by atoms with Crippen LogP contribution in [0.4, 0.5) is 0 Å². The molecule has 0 aliphatic carbocycles. The molecule has 6 heteroatoms. The van der Waals surface area contributed by atoms with E-state index < -0.39 is 11.7 Å². The monoisotopic (exact) mass is 296 g/mol. The van der Waals surface area contributed by atoms with Crippen LogP contribution in [-0.2, 0) is 0 Å². The Labute approximate surface area is 105 Å². The first-order chi connectivity index (χ1) is 8.00. The van der Waals surface area contributed by atoms with Gasteiger partial charge in [-0.2, -0.15) is 0 Å². The van der Waals surface area contributed by atoms with Gasteiger partial charge in [0.05, 0.1) is 5.69 Å². The van der Waals surface area contributed by atoms with Crippen molar-refractivity contribution >= 4 is 21.9 Å². The summed E-state index contributed by atoms with van der Waals surface area (Å²) in [6, 6.07) is 5.21. The second kappa shape index (κ2) is 4.21. The Kier molecular flexibility index (Phi) is 2.89. The first-order valence-electron chi connectivity index (χ1n) is 4.81. The molecule has 0 saturated heterocycles. The summed E-state index contributed by atoms with van der Waals surface area (Å²) >= 11 is 3.34. The fourth-order valence-corrected chi connectivity index (χ4v) is 1.87. The molecule has 2 N–H and O–H groups in total. The zero-order valence-electron chi connectivity index (χ0n) is 8.90. The molecule has 0 aliphatic heterocycles. The van der Waals surface area contributed by atoms with E-state index >= 15 is 0 Å². The highest BCUT2D eigenvalue weighted by atomic mass is 79.9. The van der Waals surface area contributed by atoms with Crippen molar-refractivity contribution in [3.63, 3.8) is 0 Å². The van der Waals surface area contributed by atoms with E-state index in [0.29, 0.717) is 5.69 Å². The van der Waals surface area contributed by atoms with Gasteiger partial charge in [-0.15, -0.1) is 0 Å². The van der Waals surface area contributed by atoms with Crippen molar-refractivity contribution in [3.05, 3.63) is 50.6 Å². The fourth-order valence-electron chi connectivity index (χ4n) is 1.50. The number of carboxylic acid groups (broad SMARTS) is 1. The minimum Gasteiger partial charge on any atom is -0.477 e. The van der Waals surface area contributed by atoms with Gasteiger partial charge in [-0.25, -0.2) is 9.59 Å². The van der Waals surface area contributed by atoms with Gasteiger partial charge in [-0.05, 0) is 24.6 Å². The lowest BCUT2D eigenvalue weighted by atomic mass is 10.2. The molecule has 0 atom stereocenters. The van der Waals surface area contributed by atoms with Crippen molar-refractivity contribution < 1.29 is 9.90 Å². The number of aryl methyl sites for hydroxylation is 1. The number of rotatable bonds is 2. The fraction of sp³-hybridized carbons (Fsp3) is 0.0909. The maximum Gasteiger partial charge on any atom is 0.354 e. The van der Waals surface area contributed by atoms with Crippen LogP contribution in [0.25, 0.3) is 5.69 Å². The molecule has 17 heavy (non-hydrogen) atoms. The molecule has 0 radical (unpaired) electrons. The number of imidazole rings is 1. The molecule has 0 unspecified atom stereocenters. The van der Waals surface area contributed by atoms with Gasteiger partial charge in [0.25, 0.3) is 0 Å². The second-order valence-electron chi connectivity index (χ2n) is 3.55. The number of nitrogens with one attached hydrogen (secondary N) is 1. The molecule has 88 valence electrons. The van der Waals surface area contributed by atoms with E-state index in [1.807, 2.05) is 13.0 Å². The number of hydrogen-bond acceptors (Lipinski definition) is 2. The largest absolute Gasteiger partial charge is 0.477 e.